The predicted molar refractivity (Wildman–Crippen MR) is 83.6 cm³/mol. The van der Waals surface area contributed by atoms with Gasteiger partial charge in [0.1, 0.15) is 5.82 Å². The highest BCUT2D eigenvalue weighted by atomic mass is 19.4. The summed E-state index contributed by atoms with van der Waals surface area (Å²) < 4.78 is 41.6. The zero-order chi connectivity index (χ0) is 17.5. The Labute approximate surface area is 138 Å². The molecule has 2 aromatic heterocycles. The highest BCUT2D eigenvalue weighted by Crippen LogP contribution is 2.48. The topological polar surface area (TPSA) is 69.6 Å². The monoisotopic (exact) mass is 339 g/mol. The maximum atomic E-state index is 13.5. The molecule has 24 heavy (non-hydrogen) atoms. The quantitative estimate of drug-likeness (QED) is 0.899. The van der Waals surface area contributed by atoms with Gasteiger partial charge in [-0.1, -0.05) is 20.3 Å². The first-order valence-corrected chi connectivity index (χ1v) is 7.92. The van der Waals surface area contributed by atoms with Gasteiger partial charge in [0.05, 0.1) is 0 Å². The number of nitrogens with two attached hydrogens (primary N) is 1. The second kappa shape index (κ2) is 5.75. The lowest BCUT2D eigenvalue weighted by atomic mass is 9.70. The summed E-state index contributed by atoms with van der Waals surface area (Å²) in [7, 11) is 0. The van der Waals surface area contributed by atoms with Crippen LogP contribution in [0.5, 0.6) is 0 Å². The molecular weight excluding hydrogens is 319 g/mol. The minimum Gasteiger partial charge on any atom is -0.383 e. The van der Waals surface area contributed by atoms with Crippen molar-refractivity contribution in [1.82, 2.24) is 19.7 Å². The molecule has 2 heterocycles. The van der Waals surface area contributed by atoms with Gasteiger partial charge >= 0.3 is 6.18 Å². The van der Waals surface area contributed by atoms with E-state index in [0.29, 0.717) is 12.8 Å². The van der Waals surface area contributed by atoms with E-state index in [2.05, 4.69) is 28.9 Å². The van der Waals surface area contributed by atoms with E-state index in [-0.39, 0.29) is 28.7 Å². The maximum absolute atomic E-state index is 13.5. The average Bonchev–Trinajstić information content (AvgIpc) is 2.85. The molecule has 130 valence electrons. The number of rotatable bonds is 2. The molecule has 1 fully saturated rings. The van der Waals surface area contributed by atoms with Crippen molar-refractivity contribution in [3.05, 3.63) is 29.7 Å². The van der Waals surface area contributed by atoms with E-state index in [1.165, 1.54) is 12.4 Å². The first-order chi connectivity index (χ1) is 11.2. The number of hydrogen-bond donors (Lipinski definition) is 1. The van der Waals surface area contributed by atoms with Gasteiger partial charge in [0.25, 0.3) is 5.95 Å². The molecule has 0 saturated heterocycles. The molecule has 1 atom stereocenters. The molecule has 2 aromatic rings. The summed E-state index contributed by atoms with van der Waals surface area (Å²) in [5.41, 5.74) is 5.23. The van der Waals surface area contributed by atoms with Crippen LogP contribution < -0.4 is 5.73 Å². The highest BCUT2D eigenvalue weighted by Gasteiger charge is 2.43. The van der Waals surface area contributed by atoms with Crippen molar-refractivity contribution in [2.45, 2.75) is 51.6 Å². The van der Waals surface area contributed by atoms with Gasteiger partial charge in [-0.2, -0.15) is 23.0 Å². The van der Waals surface area contributed by atoms with E-state index < -0.39 is 11.9 Å². The maximum Gasteiger partial charge on any atom is 0.435 e. The molecule has 2 N–H and O–H groups in total. The Morgan fingerprint density at radius 2 is 1.92 bits per heavy atom. The normalized spacial score (nSPS) is 21.0. The van der Waals surface area contributed by atoms with E-state index in [0.717, 1.165) is 17.5 Å². The fourth-order valence-corrected chi connectivity index (χ4v) is 3.55. The molecule has 0 amide bonds. The van der Waals surface area contributed by atoms with E-state index >= 15 is 0 Å². The van der Waals surface area contributed by atoms with Gasteiger partial charge in [0.15, 0.2) is 5.69 Å². The molecule has 0 bridgehead atoms. The van der Waals surface area contributed by atoms with Gasteiger partial charge in [0.2, 0.25) is 0 Å². The predicted octanol–water partition coefficient (Wildman–Crippen LogP) is 3.95. The van der Waals surface area contributed by atoms with Crippen molar-refractivity contribution in [3.63, 3.8) is 0 Å². The number of hydrogen-bond acceptors (Lipinski definition) is 4. The third-order valence-corrected chi connectivity index (χ3v) is 4.58. The Bertz CT molecular complexity index is 721. The van der Waals surface area contributed by atoms with Crippen molar-refractivity contribution >= 4 is 5.82 Å². The molecule has 0 spiro atoms. The van der Waals surface area contributed by atoms with Crippen molar-refractivity contribution in [2.24, 2.45) is 5.41 Å². The molecule has 8 heteroatoms. The van der Waals surface area contributed by atoms with E-state index in [4.69, 9.17) is 5.73 Å². The molecular formula is C16H20F3N5. The summed E-state index contributed by atoms with van der Waals surface area (Å²) in [5, 5.41) is 3.72. The van der Waals surface area contributed by atoms with E-state index in [1.54, 1.807) is 6.07 Å². The summed E-state index contributed by atoms with van der Waals surface area (Å²) in [4.78, 5) is 7.92. The third kappa shape index (κ3) is 3.09. The summed E-state index contributed by atoms with van der Waals surface area (Å²) in [6.45, 7) is 4.15. The lowest BCUT2D eigenvalue weighted by molar-refractivity contribution is -0.142. The SMILES string of the molecule is CC1(C)CCCC(c2c(C(F)(F)F)nn(-c3ncccn3)c2N)C1. The van der Waals surface area contributed by atoms with Gasteiger partial charge < -0.3 is 5.73 Å². The van der Waals surface area contributed by atoms with Crippen molar-refractivity contribution in [3.8, 4) is 5.95 Å². The molecule has 0 aliphatic heterocycles. The molecule has 0 radical (unpaired) electrons. The Balaban J connectivity index is 2.12. The second-order valence-electron chi connectivity index (χ2n) is 7.06. The summed E-state index contributed by atoms with van der Waals surface area (Å²) >= 11 is 0. The fraction of sp³-hybridized carbons (Fsp3) is 0.562. The zero-order valence-corrected chi connectivity index (χ0v) is 13.6. The van der Waals surface area contributed by atoms with Crippen LogP contribution in [0.4, 0.5) is 19.0 Å². The lowest BCUT2D eigenvalue weighted by Gasteiger charge is -2.35. The number of anilines is 1. The van der Waals surface area contributed by atoms with Crippen molar-refractivity contribution in [1.29, 1.82) is 0 Å². The number of nitrogen functional groups attached to an aromatic ring is 1. The molecule has 1 saturated carbocycles. The van der Waals surface area contributed by atoms with Crippen LogP contribution in [0.15, 0.2) is 18.5 Å². The lowest BCUT2D eigenvalue weighted by Crippen LogP contribution is -2.23. The largest absolute Gasteiger partial charge is 0.435 e. The van der Waals surface area contributed by atoms with Gasteiger partial charge in [0, 0.05) is 18.0 Å². The standard InChI is InChI=1S/C16H20F3N5/c1-15(2)6-3-5-10(9-15)11-12(16(17,18)19)23-24(13(11)20)14-21-7-4-8-22-14/h4,7-8,10H,3,5-6,9,20H2,1-2H3. The number of alkyl halides is 3. The number of nitrogens with zero attached hydrogens (tertiary/aromatic N) is 4. The molecule has 1 aliphatic carbocycles. The van der Waals surface area contributed by atoms with Crippen LogP contribution in [0, 0.1) is 5.41 Å². The third-order valence-electron chi connectivity index (χ3n) is 4.58. The second-order valence-corrected chi connectivity index (χ2v) is 7.06. The smallest absolute Gasteiger partial charge is 0.383 e. The van der Waals surface area contributed by atoms with Crippen LogP contribution in [0.25, 0.3) is 5.95 Å². The van der Waals surface area contributed by atoms with Crippen LogP contribution in [0.1, 0.15) is 56.7 Å². The Kier molecular flexibility index (Phi) is 4.01. The summed E-state index contributed by atoms with van der Waals surface area (Å²) in [5.74, 6) is -0.235. The minimum absolute atomic E-state index is 0.0103. The molecule has 1 unspecified atom stereocenters. The number of aromatic nitrogens is 4. The average molecular weight is 339 g/mol. The van der Waals surface area contributed by atoms with Gasteiger partial charge in [-0.25, -0.2) is 9.97 Å². The van der Waals surface area contributed by atoms with Crippen LogP contribution in [0.2, 0.25) is 0 Å². The Morgan fingerprint density at radius 3 is 2.50 bits per heavy atom. The van der Waals surface area contributed by atoms with Crippen LogP contribution >= 0.6 is 0 Å². The van der Waals surface area contributed by atoms with Crippen LogP contribution in [0.3, 0.4) is 0 Å². The van der Waals surface area contributed by atoms with Gasteiger partial charge in [-0.05, 0) is 36.7 Å². The molecule has 0 aromatic carbocycles. The molecule has 3 rings (SSSR count). The summed E-state index contributed by atoms with van der Waals surface area (Å²) in [6, 6.07) is 1.58. The number of halogens is 3. The molecule has 1 aliphatic rings. The van der Waals surface area contributed by atoms with Crippen molar-refractivity contribution in [2.75, 3.05) is 5.73 Å². The van der Waals surface area contributed by atoms with Crippen LogP contribution in [-0.4, -0.2) is 19.7 Å². The van der Waals surface area contributed by atoms with Gasteiger partial charge in [-0.3, -0.25) is 0 Å². The van der Waals surface area contributed by atoms with Gasteiger partial charge in [-0.15, -0.1) is 0 Å². The van der Waals surface area contributed by atoms with E-state index in [9.17, 15) is 13.2 Å². The first kappa shape index (κ1) is 16.7. The first-order valence-electron chi connectivity index (χ1n) is 7.92. The fourth-order valence-electron chi connectivity index (χ4n) is 3.55. The minimum atomic E-state index is -4.56. The van der Waals surface area contributed by atoms with Crippen molar-refractivity contribution < 1.29 is 13.2 Å². The zero-order valence-electron chi connectivity index (χ0n) is 13.6. The Hall–Kier alpha value is -2.12. The molecule has 5 nitrogen and oxygen atoms in total. The van der Waals surface area contributed by atoms with E-state index in [1.807, 2.05) is 0 Å². The Morgan fingerprint density at radius 1 is 1.25 bits per heavy atom. The van der Waals surface area contributed by atoms with Crippen LogP contribution in [-0.2, 0) is 6.18 Å². The summed E-state index contributed by atoms with van der Waals surface area (Å²) in [6.07, 6.45) is 1.53. The highest BCUT2D eigenvalue weighted by molar-refractivity contribution is 5.50.